The first-order chi connectivity index (χ1) is 16.1. The average molecular weight is 510 g/mol. The number of halogens is 2. The third kappa shape index (κ3) is 4.02. The van der Waals surface area contributed by atoms with Gasteiger partial charge in [-0.15, -0.1) is 10.2 Å². The van der Waals surface area contributed by atoms with Gasteiger partial charge < -0.3 is 10.0 Å². The molecule has 2 N–H and O–H groups in total. The van der Waals surface area contributed by atoms with E-state index in [0.717, 1.165) is 0 Å². The molecule has 1 aliphatic carbocycles. The van der Waals surface area contributed by atoms with E-state index < -0.39 is 33.1 Å². The lowest BCUT2D eigenvalue weighted by molar-refractivity contribution is 0.145. The quantitative estimate of drug-likeness (QED) is 0.517. The largest absolute Gasteiger partial charge is 0.393 e. The number of sulfonamides is 1. The summed E-state index contributed by atoms with van der Waals surface area (Å²) in [5.74, 6) is 0. The molecule has 5 rings (SSSR count). The summed E-state index contributed by atoms with van der Waals surface area (Å²) in [6, 6.07) is 4.98. The summed E-state index contributed by atoms with van der Waals surface area (Å²) in [6.07, 6.45) is -1.30. The molecule has 1 aromatic carbocycles. The number of nitriles is 1. The highest BCUT2D eigenvalue weighted by atomic mass is 32.2. The predicted molar refractivity (Wildman–Crippen MR) is 120 cm³/mol. The van der Waals surface area contributed by atoms with Gasteiger partial charge in [0.15, 0.2) is 10.0 Å². The molecule has 34 heavy (non-hydrogen) atoms. The Morgan fingerprint density at radius 2 is 2.00 bits per heavy atom. The van der Waals surface area contributed by atoms with Gasteiger partial charge in [0.05, 0.1) is 28.3 Å². The Morgan fingerprint density at radius 3 is 2.59 bits per heavy atom. The summed E-state index contributed by atoms with van der Waals surface area (Å²) in [7, 11) is -2.38. The Balaban J connectivity index is 1.69. The fourth-order valence-corrected chi connectivity index (χ4v) is 6.24. The van der Waals surface area contributed by atoms with Crippen molar-refractivity contribution in [1.29, 1.82) is 5.26 Å². The first-order valence-corrected chi connectivity index (χ1v) is 12.9. The van der Waals surface area contributed by atoms with Crippen LogP contribution in [-0.4, -0.2) is 58.2 Å². The molecule has 0 unspecified atom stereocenters. The molecule has 3 heterocycles. The van der Waals surface area contributed by atoms with Gasteiger partial charge in [-0.1, -0.05) is 11.3 Å². The van der Waals surface area contributed by atoms with Gasteiger partial charge in [-0.25, -0.2) is 17.2 Å². The van der Waals surface area contributed by atoms with Crippen molar-refractivity contribution >= 4 is 38.0 Å². The molecule has 1 aliphatic heterocycles. The monoisotopic (exact) mass is 509 g/mol. The Kier molecular flexibility index (Phi) is 5.55. The van der Waals surface area contributed by atoms with Crippen LogP contribution in [0, 0.1) is 11.3 Å². The van der Waals surface area contributed by atoms with Crippen LogP contribution in [0.5, 0.6) is 0 Å². The number of nitrogens with zero attached hydrogens (tertiary/aromatic N) is 6. The average Bonchev–Trinajstić information content (AvgIpc) is 3.24. The number of aromatic nitrogens is 4. The molecule has 3 aromatic rings. The number of aryl methyl sites for hydroxylation is 1. The van der Waals surface area contributed by atoms with E-state index in [1.807, 2.05) is 11.0 Å². The van der Waals surface area contributed by atoms with Crippen LogP contribution in [0.2, 0.25) is 0 Å². The van der Waals surface area contributed by atoms with Crippen LogP contribution in [0.4, 0.5) is 14.5 Å². The topological polar surface area (TPSA) is 137 Å². The number of nitrogens with one attached hydrogen (secondary N) is 1. The lowest BCUT2D eigenvalue weighted by Gasteiger charge is -2.32. The lowest BCUT2D eigenvalue weighted by atomic mass is 10.1. The van der Waals surface area contributed by atoms with Crippen LogP contribution < -0.4 is 9.62 Å². The van der Waals surface area contributed by atoms with Gasteiger partial charge in [-0.3, -0.25) is 4.68 Å². The molecule has 2 aromatic heterocycles. The third-order valence-corrected chi connectivity index (χ3v) is 8.58. The molecule has 180 valence electrons. The molecule has 2 aliphatic rings. The van der Waals surface area contributed by atoms with E-state index in [2.05, 4.69) is 20.0 Å². The van der Waals surface area contributed by atoms with Crippen molar-refractivity contribution in [2.24, 2.45) is 7.05 Å². The molecule has 1 saturated heterocycles. The normalized spacial score (nSPS) is 18.5. The van der Waals surface area contributed by atoms with Crippen LogP contribution >= 0.6 is 11.3 Å². The fourth-order valence-electron chi connectivity index (χ4n) is 4.13. The van der Waals surface area contributed by atoms with Crippen LogP contribution in [0.1, 0.15) is 37.1 Å². The van der Waals surface area contributed by atoms with E-state index in [0.29, 0.717) is 66.7 Å². The van der Waals surface area contributed by atoms with Gasteiger partial charge in [0.1, 0.15) is 11.2 Å². The number of hydrogen-bond acceptors (Lipinski definition) is 9. The Morgan fingerprint density at radius 1 is 1.29 bits per heavy atom. The standard InChI is InChI=1S/C20H21F2N7O3S2/c1-28-16-13(15(26-28)18-24-25-19(33-18)17(21)22)8-12(34(31,32)27-20(10-23)4-5-20)9-14(16)29-6-2-11(30)3-7-29/h8-9,11,17,27,30H,2-7H2,1H3. The van der Waals surface area contributed by atoms with Crippen molar-refractivity contribution in [2.75, 3.05) is 18.0 Å². The van der Waals surface area contributed by atoms with Gasteiger partial charge in [0.25, 0.3) is 6.43 Å². The van der Waals surface area contributed by atoms with Gasteiger partial charge in [-0.2, -0.15) is 15.1 Å². The van der Waals surface area contributed by atoms with Crippen LogP contribution in [0.15, 0.2) is 17.0 Å². The zero-order valence-electron chi connectivity index (χ0n) is 18.1. The predicted octanol–water partition coefficient (Wildman–Crippen LogP) is 2.32. The second-order valence-corrected chi connectivity index (χ2v) is 11.3. The fraction of sp³-hybridized carbons (Fsp3) is 0.500. The van der Waals surface area contributed by atoms with Crippen molar-refractivity contribution in [2.45, 2.75) is 48.6 Å². The van der Waals surface area contributed by atoms with E-state index in [-0.39, 0.29) is 15.6 Å². The Bertz CT molecular complexity index is 1400. The Labute approximate surface area is 197 Å². The molecular weight excluding hydrogens is 488 g/mol. The number of hydrogen-bond donors (Lipinski definition) is 2. The van der Waals surface area contributed by atoms with E-state index in [1.165, 1.54) is 12.1 Å². The highest BCUT2D eigenvalue weighted by Gasteiger charge is 2.47. The van der Waals surface area contributed by atoms with Crippen LogP contribution in [-0.2, 0) is 17.1 Å². The van der Waals surface area contributed by atoms with Crippen LogP contribution in [0.25, 0.3) is 21.6 Å². The lowest BCUT2D eigenvalue weighted by Crippen LogP contribution is -2.37. The number of piperidine rings is 1. The van der Waals surface area contributed by atoms with Crippen molar-refractivity contribution in [3.05, 3.63) is 17.1 Å². The maximum atomic E-state index is 13.3. The molecular formula is C20H21F2N7O3S2. The number of aliphatic hydroxyl groups is 1. The summed E-state index contributed by atoms with van der Waals surface area (Å²) in [5.41, 5.74) is 0.345. The minimum absolute atomic E-state index is 0.0597. The molecule has 2 fully saturated rings. The van der Waals surface area contributed by atoms with E-state index >= 15 is 0 Å². The molecule has 1 saturated carbocycles. The van der Waals surface area contributed by atoms with E-state index in [9.17, 15) is 27.6 Å². The summed E-state index contributed by atoms with van der Waals surface area (Å²) in [6.45, 7) is 1.01. The van der Waals surface area contributed by atoms with E-state index in [1.54, 1.807) is 11.7 Å². The van der Waals surface area contributed by atoms with Crippen molar-refractivity contribution in [1.82, 2.24) is 24.7 Å². The molecule has 0 bridgehead atoms. The molecule has 14 heteroatoms. The van der Waals surface area contributed by atoms with Gasteiger partial charge >= 0.3 is 0 Å². The summed E-state index contributed by atoms with van der Waals surface area (Å²) in [4.78, 5) is 1.91. The molecule has 10 nitrogen and oxygen atoms in total. The molecule has 0 atom stereocenters. The molecule has 0 radical (unpaired) electrons. The van der Waals surface area contributed by atoms with Gasteiger partial charge in [-0.05, 0) is 37.8 Å². The first kappa shape index (κ1) is 23.0. The molecule has 0 spiro atoms. The maximum Gasteiger partial charge on any atom is 0.291 e. The number of rotatable bonds is 6. The zero-order chi connectivity index (χ0) is 24.3. The molecule has 0 amide bonds. The maximum absolute atomic E-state index is 13.3. The van der Waals surface area contributed by atoms with Crippen molar-refractivity contribution in [3.63, 3.8) is 0 Å². The van der Waals surface area contributed by atoms with Gasteiger partial charge in [0.2, 0.25) is 10.0 Å². The van der Waals surface area contributed by atoms with E-state index in [4.69, 9.17) is 0 Å². The minimum atomic E-state index is -4.07. The van der Waals surface area contributed by atoms with Crippen molar-refractivity contribution < 1.29 is 22.3 Å². The number of fused-ring (bicyclic) bond motifs is 1. The SMILES string of the molecule is Cn1nc(-c2nnc(C(F)F)s2)c2cc(S(=O)(=O)NC3(C#N)CC3)cc(N3CCC(O)CC3)c21. The Hall–Kier alpha value is -2.73. The van der Waals surface area contributed by atoms with Gasteiger partial charge in [0, 0.05) is 25.5 Å². The summed E-state index contributed by atoms with van der Waals surface area (Å²) < 4.78 is 56.8. The second kappa shape index (κ2) is 8.19. The number of aliphatic hydroxyl groups excluding tert-OH is 1. The van der Waals surface area contributed by atoms with Crippen molar-refractivity contribution in [3.8, 4) is 16.8 Å². The third-order valence-electron chi connectivity index (χ3n) is 6.13. The zero-order valence-corrected chi connectivity index (χ0v) is 19.7. The first-order valence-electron chi connectivity index (χ1n) is 10.6. The number of anilines is 1. The summed E-state index contributed by atoms with van der Waals surface area (Å²) >= 11 is 0.698. The van der Waals surface area contributed by atoms with Crippen LogP contribution in [0.3, 0.4) is 0 Å². The number of benzene rings is 1. The second-order valence-electron chi connectivity index (χ2n) is 8.57. The minimum Gasteiger partial charge on any atom is -0.393 e. The number of alkyl halides is 2. The smallest absolute Gasteiger partial charge is 0.291 e. The summed E-state index contributed by atoms with van der Waals surface area (Å²) in [5, 5.41) is 31.3. The highest BCUT2D eigenvalue weighted by molar-refractivity contribution is 7.89. The highest BCUT2D eigenvalue weighted by Crippen LogP contribution is 2.40.